The van der Waals surface area contributed by atoms with Crippen LogP contribution in [0.5, 0.6) is 0 Å². The largest absolute Gasteiger partial charge is 0.478 e. The minimum absolute atomic E-state index is 0.0526. The third kappa shape index (κ3) is 4.34. The van der Waals surface area contributed by atoms with E-state index < -0.39 is 5.97 Å². The molecule has 0 aromatic carbocycles. The lowest BCUT2D eigenvalue weighted by molar-refractivity contribution is -0.117. The molecule has 1 heterocycles. The van der Waals surface area contributed by atoms with Crippen LogP contribution in [0.2, 0.25) is 0 Å². The van der Waals surface area contributed by atoms with Crippen molar-refractivity contribution in [1.82, 2.24) is 0 Å². The van der Waals surface area contributed by atoms with E-state index >= 15 is 0 Å². The summed E-state index contributed by atoms with van der Waals surface area (Å²) in [6.45, 7) is 10.3. The van der Waals surface area contributed by atoms with Gasteiger partial charge in [0.1, 0.15) is 5.00 Å². The van der Waals surface area contributed by atoms with Crippen LogP contribution in [-0.4, -0.2) is 17.0 Å². The summed E-state index contributed by atoms with van der Waals surface area (Å²) in [5, 5.41) is 12.3. The van der Waals surface area contributed by atoms with Gasteiger partial charge in [0.05, 0.1) is 5.56 Å². The first kappa shape index (κ1) is 16.7. The van der Waals surface area contributed by atoms with E-state index in [0.717, 1.165) is 11.3 Å². The maximum absolute atomic E-state index is 12.0. The van der Waals surface area contributed by atoms with Crippen molar-refractivity contribution < 1.29 is 14.7 Å². The lowest BCUT2D eigenvalue weighted by Gasteiger charge is -2.26. The maximum atomic E-state index is 12.0. The third-order valence-electron chi connectivity index (χ3n) is 3.58. The molecule has 112 valence electrons. The molecular weight excluding hydrogens is 274 g/mol. The van der Waals surface area contributed by atoms with Gasteiger partial charge in [0, 0.05) is 11.3 Å². The van der Waals surface area contributed by atoms with E-state index in [1.54, 1.807) is 6.07 Å². The van der Waals surface area contributed by atoms with Crippen LogP contribution in [0.3, 0.4) is 0 Å². The SMILES string of the molecule is CCc1cc(C(=O)O)c(NC(=O)CC(C)C(C)(C)C)s1. The fourth-order valence-electron chi connectivity index (χ4n) is 1.63. The van der Waals surface area contributed by atoms with E-state index in [9.17, 15) is 9.59 Å². The standard InChI is InChI=1S/C15H23NO3S/c1-6-10-8-11(14(18)19)13(20-10)16-12(17)7-9(2)15(3,4)5/h8-9H,6-7H2,1-5H3,(H,16,17)(H,18,19). The summed E-state index contributed by atoms with van der Waals surface area (Å²) in [4.78, 5) is 24.2. The second-order valence-corrected chi connectivity index (χ2v) is 7.27. The summed E-state index contributed by atoms with van der Waals surface area (Å²) in [5.41, 5.74) is 0.236. The zero-order valence-electron chi connectivity index (χ0n) is 12.7. The predicted molar refractivity (Wildman–Crippen MR) is 82.5 cm³/mol. The van der Waals surface area contributed by atoms with Crippen molar-refractivity contribution in [2.45, 2.75) is 47.5 Å². The average Bonchev–Trinajstić information content (AvgIpc) is 2.70. The summed E-state index contributed by atoms with van der Waals surface area (Å²) in [7, 11) is 0. The highest BCUT2D eigenvalue weighted by atomic mass is 32.1. The molecule has 1 aromatic rings. The van der Waals surface area contributed by atoms with Crippen LogP contribution in [0.25, 0.3) is 0 Å². The van der Waals surface area contributed by atoms with Gasteiger partial charge < -0.3 is 10.4 Å². The number of carboxylic acid groups (broad SMARTS) is 1. The molecule has 0 aliphatic heterocycles. The molecule has 0 spiro atoms. The summed E-state index contributed by atoms with van der Waals surface area (Å²) in [5.74, 6) is -0.902. The monoisotopic (exact) mass is 297 g/mol. The van der Waals surface area contributed by atoms with Gasteiger partial charge in [-0.15, -0.1) is 11.3 Å². The van der Waals surface area contributed by atoms with Gasteiger partial charge in [0.25, 0.3) is 0 Å². The Balaban J connectivity index is 2.80. The summed E-state index contributed by atoms with van der Waals surface area (Å²) < 4.78 is 0. The van der Waals surface area contributed by atoms with Gasteiger partial charge in [0.2, 0.25) is 5.91 Å². The van der Waals surface area contributed by atoms with E-state index in [1.807, 2.05) is 13.8 Å². The van der Waals surface area contributed by atoms with Gasteiger partial charge in [-0.1, -0.05) is 34.6 Å². The van der Waals surface area contributed by atoms with Crippen molar-refractivity contribution in [3.63, 3.8) is 0 Å². The fraction of sp³-hybridized carbons (Fsp3) is 0.600. The van der Waals surface area contributed by atoms with Crippen molar-refractivity contribution in [3.05, 3.63) is 16.5 Å². The number of aromatic carboxylic acids is 1. The van der Waals surface area contributed by atoms with Crippen LogP contribution < -0.4 is 5.32 Å². The molecule has 0 aliphatic rings. The molecule has 0 aliphatic carbocycles. The first-order valence-corrected chi connectivity index (χ1v) is 7.62. The Bertz CT molecular complexity index is 500. The molecule has 4 nitrogen and oxygen atoms in total. The molecule has 2 N–H and O–H groups in total. The molecule has 1 amide bonds. The Hall–Kier alpha value is -1.36. The number of carbonyl (C=O) groups excluding carboxylic acids is 1. The number of carboxylic acids is 1. The highest BCUT2D eigenvalue weighted by molar-refractivity contribution is 7.16. The van der Waals surface area contributed by atoms with Gasteiger partial charge in [-0.05, 0) is 23.8 Å². The van der Waals surface area contributed by atoms with E-state index in [0.29, 0.717) is 11.4 Å². The van der Waals surface area contributed by atoms with Gasteiger partial charge in [-0.3, -0.25) is 4.79 Å². The molecule has 1 unspecified atom stereocenters. The highest BCUT2D eigenvalue weighted by Crippen LogP contribution is 2.31. The topological polar surface area (TPSA) is 66.4 Å². The van der Waals surface area contributed by atoms with Crippen molar-refractivity contribution in [1.29, 1.82) is 0 Å². The lowest BCUT2D eigenvalue weighted by Crippen LogP contribution is -2.24. The van der Waals surface area contributed by atoms with Crippen molar-refractivity contribution in [2.75, 3.05) is 5.32 Å². The number of hydrogen-bond acceptors (Lipinski definition) is 3. The highest BCUT2D eigenvalue weighted by Gasteiger charge is 2.24. The van der Waals surface area contributed by atoms with Crippen LogP contribution in [0.15, 0.2) is 6.07 Å². The average molecular weight is 297 g/mol. The second-order valence-electron chi connectivity index (χ2n) is 6.13. The van der Waals surface area contributed by atoms with Crippen LogP contribution in [0, 0.1) is 11.3 Å². The Morgan fingerprint density at radius 1 is 1.40 bits per heavy atom. The zero-order chi connectivity index (χ0) is 15.5. The second kappa shape index (κ2) is 6.39. The zero-order valence-corrected chi connectivity index (χ0v) is 13.6. The number of aryl methyl sites for hydroxylation is 1. The molecular formula is C15H23NO3S. The smallest absolute Gasteiger partial charge is 0.338 e. The number of rotatable bonds is 5. The number of amides is 1. The molecule has 5 heteroatoms. The van der Waals surface area contributed by atoms with Crippen LogP contribution in [0.4, 0.5) is 5.00 Å². The van der Waals surface area contributed by atoms with E-state index in [1.165, 1.54) is 11.3 Å². The van der Waals surface area contributed by atoms with Crippen LogP contribution >= 0.6 is 11.3 Å². The van der Waals surface area contributed by atoms with E-state index in [4.69, 9.17) is 5.11 Å². The summed E-state index contributed by atoms with van der Waals surface area (Å²) in [6, 6.07) is 1.63. The number of nitrogens with one attached hydrogen (secondary N) is 1. The molecule has 0 radical (unpaired) electrons. The van der Waals surface area contributed by atoms with Gasteiger partial charge in [-0.25, -0.2) is 4.79 Å². The number of carbonyl (C=O) groups is 2. The fourth-order valence-corrected chi connectivity index (χ4v) is 2.63. The molecule has 20 heavy (non-hydrogen) atoms. The van der Waals surface area contributed by atoms with Gasteiger partial charge in [0.15, 0.2) is 0 Å². The normalized spacial score (nSPS) is 13.1. The Morgan fingerprint density at radius 2 is 2.00 bits per heavy atom. The van der Waals surface area contributed by atoms with Crippen molar-refractivity contribution in [3.8, 4) is 0 Å². The minimum Gasteiger partial charge on any atom is -0.478 e. The molecule has 0 bridgehead atoms. The van der Waals surface area contributed by atoms with E-state index in [2.05, 4.69) is 26.1 Å². The van der Waals surface area contributed by atoms with Crippen molar-refractivity contribution >= 4 is 28.2 Å². The number of anilines is 1. The van der Waals surface area contributed by atoms with Gasteiger partial charge in [-0.2, -0.15) is 0 Å². The molecule has 0 fully saturated rings. The molecule has 1 rings (SSSR count). The molecule has 1 atom stereocenters. The first-order chi connectivity index (χ1) is 9.15. The maximum Gasteiger partial charge on any atom is 0.338 e. The quantitative estimate of drug-likeness (QED) is 0.862. The number of hydrogen-bond donors (Lipinski definition) is 2. The molecule has 1 aromatic heterocycles. The first-order valence-electron chi connectivity index (χ1n) is 6.81. The van der Waals surface area contributed by atoms with E-state index in [-0.39, 0.29) is 22.8 Å². The predicted octanol–water partition coefficient (Wildman–Crippen LogP) is 4.02. The Kier molecular flexibility index (Phi) is 5.34. The molecule has 0 saturated heterocycles. The summed E-state index contributed by atoms with van der Waals surface area (Å²) >= 11 is 1.34. The van der Waals surface area contributed by atoms with Gasteiger partial charge >= 0.3 is 5.97 Å². The molecule has 0 saturated carbocycles. The third-order valence-corrected chi connectivity index (χ3v) is 4.78. The lowest BCUT2D eigenvalue weighted by atomic mass is 9.80. The number of thiophene rings is 1. The summed E-state index contributed by atoms with van der Waals surface area (Å²) in [6.07, 6.45) is 1.15. The van der Waals surface area contributed by atoms with Crippen molar-refractivity contribution in [2.24, 2.45) is 11.3 Å². The Morgan fingerprint density at radius 3 is 2.45 bits per heavy atom. The minimum atomic E-state index is -1.000. The Labute approximate surface area is 124 Å². The van der Waals surface area contributed by atoms with Crippen LogP contribution in [0.1, 0.15) is 56.3 Å². The van der Waals surface area contributed by atoms with Crippen LogP contribution in [-0.2, 0) is 11.2 Å².